The van der Waals surface area contributed by atoms with Crippen molar-refractivity contribution in [2.75, 3.05) is 0 Å². The van der Waals surface area contributed by atoms with Gasteiger partial charge in [0.1, 0.15) is 5.01 Å². The van der Waals surface area contributed by atoms with Gasteiger partial charge in [-0.3, -0.25) is 0 Å². The molecule has 0 saturated carbocycles. The Morgan fingerprint density at radius 2 is 1.84 bits per heavy atom. The fourth-order valence-corrected chi connectivity index (χ4v) is 3.18. The van der Waals surface area contributed by atoms with E-state index in [1.807, 2.05) is 30.3 Å². The molecule has 1 unspecified atom stereocenters. The maximum Gasteiger partial charge on any atom is 0.115 e. The summed E-state index contributed by atoms with van der Waals surface area (Å²) in [5.41, 5.74) is 8.13. The van der Waals surface area contributed by atoms with E-state index in [0.717, 1.165) is 20.8 Å². The maximum atomic E-state index is 6.25. The van der Waals surface area contributed by atoms with E-state index in [4.69, 9.17) is 28.9 Å². The molecular formula is C14H10Cl2N2S. The second-order valence-electron chi connectivity index (χ2n) is 4.17. The number of halogens is 2. The molecular weight excluding hydrogens is 299 g/mol. The molecule has 0 amide bonds. The van der Waals surface area contributed by atoms with Crippen molar-refractivity contribution < 1.29 is 0 Å². The smallest absolute Gasteiger partial charge is 0.115 e. The summed E-state index contributed by atoms with van der Waals surface area (Å²) >= 11 is 13.5. The minimum Gasteiger partial charge on any atom is -0.318 e. The number of benzene rings is 2. The Hall–Kier alpha value is -1.13. The lowest BCUT2D eigenvalue weighted by Gasteiger charge is -2.09. The monoisotopic (exact) mass is 308 g/mol. The highest BCUT2D eigenvalue weighted by Crippen LogP contribution is 2.31. The minimum absolute atomic E-state index is 0.285. The zero-order valence-corrected chi connectivity index (χ0v) is 12.1. The van der Waals surface area contributed by atoms with E-state index < -0.39 is 0 Å². The highest BCUT2D eigenvalue weighted by molar-refractivity contribution is 7.18. The summed E-state index contributed by atoms with van der Waals surface area (Å²) in [6.45, 7) is 0. The van der Waals surface area contributed by atoms with Gasteiger partial charge in [0.05, 0.1) is 26.3 Å². The molecule has 96 valence electrons. The molecule has 0 saturated heterocycles. The van der Waals surface area contributed by atoms with Gasteiger partial charge in [-0.25, -0.2) is 4.98 Å². The molecule has 5 heteroatoms. The first-order chi connectivity index (χ1) is 9.15. The van der Waals surface area contributed by atoms with E-state index in [-0.39, 0.29) is 6.04 Å². The Morgan fingerprint density at radius 3 is 2.58 bits per heavy atom. The Balaban J connectivity index is 2.02. The van der Waals surface area contributed by atoms with Crippen LogP contribution in [0.1, 0.15) is 16.6 Å². The molecule has 19 heavy (non-hydrogen) atoms. The number of hydrogen-bond acceptors (Lipinski definition) is 3. The van der Waals surface area contributed by atoms with Crippen LogP contribution in [0.5, 0.6) is 0 Å². The standard InChI is InChI=1S/C14H10Cl2N2S/c15-9-6-5-8(7-10(9)16)13(17)14-18-11-3-1-2-4-12(11)19-14/h1-7,13H,17H2. The van der Waals surface area contributed by atoms with Crippen molar-refractivity contribution in [1.82, 2.24) is 4.98 Å². The summed E-state index contributed by atoms with van der Waals surface area (Å²) in [4.78, 5) is 4.56. The fraction of sp³-hybridized carbons (Fsp3) is 0.0714. The third-order valence-corrected chi connectivity index (χ3v) is 4.74. The zero-order valence-electron chi connectivity index (χ0n) is 9.81. The summed E-state index contributed by atoms with van der Waals surface area (Å²) < 4.78 is 1.13. The lowest BCUT2D eigenvalue weighted by molar-refractivity contribution is 0.862. The number of nitrogens with two attached hydrogens (primary N) is 1. The molecule has 3 rings (SSSR count). The largest absolute Gasteiger partial charge is 0.318 e. The molecule has 0 radical (unpaired) electrons. The average molecular weight is 309 g/mol. The Morgan fingerprint density at radius 1 is 1.05 bits per heavy atom. The number of aromatic nitrogens is 1. The maximum absolute atomic E-state index is 6.25. The van der Waals surface area contributed by atoms with Crippen molar-refractivity contribution in [3.8, 4) is 0 Å². The molecule has 0 aliphatic heterocycles. The number of fused-ring (bicyclic) bond motifs is 1. The summed E-state index contributed by atoms with van der Waals surface area (Å²) in [5.74, 6) is 0. The van der Waals surface area contributed by atoms with Gasteiger partial charge in [0.2, 0.25) is 0 Å². The van der Waals surface area contributed by atoms with Crippen LogP contribution in [0.4, 0.5) is 0 Å². The second kappa shape index (κ2) is 5.10. The molecule has 1 atom stereocenters. The van der Waals surface area contributed by atoms with Gasteiger partial charge in [-0.1, -0.05) is 41.4 Å². The summed E-state index contributed by atoms with van der Waals surface area (Å²) in [7, 11) is 0. The molecule has 1 aromatic heterocycles. The molecule has 3 aromatic rings. The summed E-state index contributed by atoms with van der Waals surface area (Å²) in [5, 5.41) is 1.91. The van der Waals surface area contributed by atoms with E-state index >= 15 is 0 Å². The lowest BCUT2D eigenvalue weighted by Crippen LogP contribution is -2.11. The summed E-state index contributed by atoms with van der Waals surface area (Å²) in [6, 6.07) is 13.1. The van der Waals surface area contributed by atoms with E-state index in [0.29, 0.717) is 10.0 Å². The van der Waals surface area contributed by atoms with Crippen molar-refractivity contribution in [3.05, 3.63) is 63.1 Å². The van der Waals surface area contributed by atoms with Gasteiger partial charge < -0.3 is 5.73 Å². The average Bonchev–Trinajstić information content (AvgIpc) is 2.85. The Labute approximate surface area is 124 Å². The van der Waals surface area contributed by atoms with Gasteiger partial charge in [-0.15, -0.1) is 11.3 Å². The molecule has 0 aliphatic carbocycles. The van der Waals surface area contributed by atoms with Gasteiger partial charge in [-0.05, 0) is 29.8 Å². The topological polar surface area (TPSA) is 38.9 Å². The lowest BCUT2D eigenvalue weighted by atomic mass is 10.1. The Bertz CT molecular complexity index is 706. The molecule has 0 spiro atoms. The van der Waals surface area contributed by atoms with Gasteiger partial charge in [0.15, 0.2) is 0 Å². The van der Waals surface area contributed by atoms with Crippen molar-refractivity contribution in [2.24, 2.45) is 5.73 Å². The van der Waals surface area contributed by atoms with Crippen LogP contribution in [0, 0.1) is 0 Å². The normalized spacial score (nSPS) is 12.8. The van der Waals surface area contributed by atoms with Crippen LogP contribution in [0.2, 0.25) is 10.0 Å². The van der Waals surface area contributed by atoms with E-state index in [2.05, 4.69) is 4.98 Å². The van der Waals surface area contributed by atoms with Gasteiger partial charge in [0, 0.05) is 0 Å². The van der Waals surface area contributed by atoms with Crippen LogP contribution >= 0.6 is 34.5 Å². The van der Waals surface area contributed by atoms with Crippen LogP contribution in [-0.4, -0.2) is 4.98 Å². The molecule has 0 aliphatic rings. The van der Waals surface area contributed by atoms with Crippen LogP contribution in [0.3, 0.4) is 0 Å². The van der Waals surface area contributed by atoms with Gasteiger partial charge in [0.25, 0.3) is 0 Å². The number of thiazole rings is 1. The van der Waals surface area contributed by atoms with E-state index in [1.165, 1.54) is 0 Å². The fourth-order valence-electron chi connectivity index (χ4n) is 1.87. The van der Waals surface area contributed by atoms with Gasteiger partial charge in [-0.2, -0.15) is 0 Å². The molecule has 0 fully saturated rings. The van der Waals surface area contributed by atoms with Gasteiger partial charge >= 0.3 is 0 Å². The second-order valence-corrected chi connectivity index (χ2v) is 6.05. The van der Waals surface area contributed by atoms with Crippen LogP contribution in [0.25, 0.3) is 10.2 Å². The number of hydrogen-bond donors (Lipinski definition) is 1. The SMILES string of the molecule is NC(c1ccc(Cl)c(Cl)c1)c1nc2ccccc2s1. The van der Waals surface area contributed by atoms with Crippen LogP contribution in [0.15, 0.2) is 42.5 Å². The third kappa shape index (κ3) is 2.47. The van der Waals surface area contributed by atoms with Crippen molar-refractivity contribution in [1.29, 1.82) is 0 Å². The van der Waals surface area contributed by atoms with E-state index in [1.54, 1.807) is 23.5 Å². The molecule has 2 nitrogen and oxygen atoms in total. The van der Waals surface area contributed by atoms with E-state index in [9.17, 15) is 0 Å². The minimum atomic E-state index is -0.285. The first-order valence-electron chi connectivity index (χ1n) is 5.71. The number of rotatable bonds is 2. The summed E-state index contributed by atoms with van der Waals surface area (Å²) in [6.07, 6.45) is 0. The molecule has 0 bridgehead atoms. The highest BCUT2D eigenvalue weighted by atomic mass is 35.5. The number of para-hydroxylation sites is 1. The van der Waals surface area contributed by atoms with Crippen molar-refractivity contribution in [2.45, 2.75) is 6.04 Å². The Kier molecular flexibility index (Phi) is 3.46. The number of nitrogens with zero attached hydrogens (tertiary/aromatic N) is 1. The zero-order chi connectivity index (χ0) is 13.4. The van der Waals surface area contributed by atoms with Crippen LogP contribution in [-0.2, 0) is 0 Å². The first kappa shape index (κ1) is 12.9. The first-order valence-corrected chi connectivity index (χ1v) is 7.28. The van der Waals surface area contributed by atoms with Crippen LogP contribution < -0.4 is 5.73 Å². The quantitative estimate of drug-likeness (QED) is 0.748. The predicted octanol–water partition coefficient (Wildman–Crippen LogP) is 4.65. The molecule has 1 heterocycles. The predicted molar refractivity (Wildman–Crippen MR) is 82.1 cm³/mol. The highest BCUT2D eigenvalue weighted by Gasteiger charge is 2.15. The molecule has 2 aromatic carbocycles. The van der Waals surface area contributed by atoms with Crippen molar-refractivity contribution >= 4 is 44.8 Å². The van der Waals surface area contributed by atoms with Crippen molar-refractivity contribution in [3.63, 3.8) is 0 Å². The molecule has 2 N–H and O–H groups in total. The third-order valence-electron chi connectivity index (χ3n) is 2.88.